The van der Waals surface area contributed by atoms with E-state index in [9.17, 15) is 25.9 Å². The van der Waals surface area contributed by atoms with Crippen molar-refractivity contribution in [3.63, 3.8) is 0 Å². The maximum atomic E-state index is 9.65. The van der Waals surface area contributed by atoms with Crippen molar-refractivity contribution in [3.8, 4) is 0 Å². The van der Waals surface area contributed by atoms with Crippen molar-refractivity contribution in [1.29, 1.82) is 0 Å². The molecule has 0 spiro atoms. The SMILES string of the molecule is O=S(=O)([O-])ON(Cl)OS(=O)(=O)[O-].[Na+].[Na+]. The first kappa shape index (κ1) is 21.3. The summed E-state index contributed by atoms with van der Waals surface area (Å²) in [5.41, 5.74) is 0. The number of hydrogen-bond acceptors (Lipinski definition) is 9. The van der Waals surface area contributed by atoms with E-state index in [0.29, 0.717) is 0 Å². The molecule has 0 rings (SSSR count). The molecule has 9 nitrogen and oxygen atoms in total. The molecule has 0 saturated carbocycles. The van der Waals surface area contributed by atoms with Crippen molar-refractivity contribution in [2.45, 2.75) is 0 Å². The molecule has 0 atom stereocenters. The van der Waals surface area contributed by atoms with Crippen LogP contribution in [0.25, 0.3) is 0 Å². The summed E-state index contributed by atoms with van der Waals surface area (Å²) in [6.07, 6.45) is 0. The molecular weight excluding hydrogens is 288 g/mol. The molecule has 0 aliphatic carbocycles. The molecule has 74 valence electrons. The van der Waals surface area contributed by atoms with Crippen molar-refractivity contribution in [3.05, 3.63) is 0 Å². The summed E-state index contributed by atoms with van der Waals surface area (Å²) in [6, 6.07) is 0. The van der Waals surface area contributed by atoms with Crippen molar-refractivity contribution in [2.75, 3.05) is 0 Å². The van der Waals surface area contributed by atoms with E-state index in [4.69, 9.17) is 0 Å². The zero-order chi connectivity index (χ0) is 9.99. The van der Waals surface area contributed by atoms with Crippen LogP contribution in [0.4, 0.5) is 0 Å². The van der Waals surface area contributed by atoms with E-state index in [-0.39, 0.29) is 59.1 Å². The van der Waals surface area contributed by atoms with E-state index in [0.717, 1.165) is 0 Å². The van der Waals surface area contributed by atoms with E-state index in [2.05, 4.69) is 20.3 Å². The molecule has 0 N–H and O–H groups in total. The Morgan fingerprint density at radius 2 is 1.14 bits per heavy atom. The second kappa shape index (κ2) is 8.14. The second-order valence-corrected chi connectivity index (χ2v) is 3.39. The van der Waals surface area contributed by atoms with E-state index in [1.807, 2.05) is 0 Å². The molecule has 0 heterocycles. The van der Waals surface area contributed by atoms with Gasteiger partial charge in [0.1, 0.15) is 0 Å². The van der Waals surface area contributed by atoms with Crippen LogP contribution in [-0.2, 0) is 29.4 Å². The smallest absolute Gasteiger partial charge is 0.724 e. The molecule has 0 bridgehead atoms. The molecule has 14 heteroatoms. The normalized spacial score (nSPS) is 11.7. The summed E-state index contributed by atoms with van der Waals surface area (Å²) in [7, 11) is -10.6. The Balaban J connectivity index is -0.000000605. The fourth-order valence-electron chi connectivity index (χ4n) is 0.156. The molecule has 0 aliphatic rings. The summed E-state index contributed by atoms with van der Waals surface area (Å²) >= 11 is 4.48. The fraction of sp³-hybridized carbons (Fsp3) is 0. The zero-order valence-corrected chi connectivity index (χ0v) is 13.3. The van der Waals surface area contributed by atoms with Gasteiger partial charge in [0, 0.05) is 11.8 Å². The van der Waals surface area contributed by atoms with Gasteiger partial charge >= 0.3 is 59.1 Å². The van der Waals surface area contributed by atoms with E-state index in [1.54, 1.807) is 0 Å². The molecule has 0 unspecified atom stereocenters. The van der Waals surface area contributed by atoms with Crippen LogP contribution in [0.5, 0.6) is 0 Å². The summed E-state index contributed by atoms with van der Waals surface area (Å²) in [5, 5.41) is 0. The Kier molecular flexibility index (Phi) is 12.4. The molecule has 0 aliphatic heterocycles. The number of nitrogens with zero attached hydrogens (tertiary/aromatic N) is 1. The standard InChI is InChI=1S/ClH2NO8S2.2Na/c1-2(9-11(3,4)5)10-12(6,7)8;;/h(H,3,4,5)(H,6,7,8);;/q;2*+1/p-2. The summed E-state index contributed by atoms with van der Waals surface area (Å²) in [5.74, 6) is 0. The second-order valence-electron chi connectivity index (χ2n) is 1.18. The Morgan fingerprint density at radius 3 is 1.29 bits per heavy atom. The molecule has 0 amide bonds. The van der Waals surface area contributed by atoms with Crippen LogP contribution < -0.4 is 59.1 Å². The van der Waals surface area contributed by atoms with Crippen molar-refractivity contribution < 1.29 is 93.6 Å². The minimum absolute atomic E-state index is 0. The van der Waals surface area contributed by atoms with Gasteiger partial charge in [-0.3, -0.25) is 0 Å². The van der Waals surface area contributed by atoms with Crippen molar-refractivity contribution in [1.82, 2.24) is 4.75 Å². The number of rotatable bonds is 4. The van der Waals surface area contributed by atoms with E-state index < -0.39 is 25.5 Å². The van der Waals surface area contributed by atoms with Gasteiger partial charge in [-0.2, -0.15) is 0 Å². The van der Waals surface area contributed by atoms with Crippen LogP contribution in [0.15, 0.2) is 0 Å². The average Bonchev–Trinajstić information content (AvgIpc) is 1.49. The van der Waals surface area contributed by atoms with Crippen LogP contribution in [0.2, 0.25) is 0 Å². The van der Waals surface area contributed by atoms with Gasteiger partial charge in [0.05, 0.1) is 4.75 Å². The average molecular weight is 288 g/mol. The third kappa shape index (κ3) is 16.4. The zero-order valence-electron chi connectivity index (χ0n) is 6.91. The largest absolute Gasteiger partial charge is 1.00 e. The van der Waals surface area contributed by atoms with E-state index >= 15 is 0 Å². The van der Waals surface area contributed by atoms with Crippen LogP contribution >= 0.6 is 11.8 Å². The third-order valence-corrected chi connectivity index (χ3v) is 1.24. The molecule has 0 aromatic carbocycles. The maximum Gasteiger partial charge on any atom is 1.00 e. The summed E-state index contributed by atoms with van der Waals surface area (Å²) in [4.78, 5) is 0. The summed E-state index contributed by atoms with van der Waals surface area (Å²) in [6.45, 7) is 0. The molecule has 0 aromatic heterocycles. The Bertz CT molecular complexity index is 298. The van der Waals surface area contributed by atoms with Gasteiger partial charge in [-0.05, 0) is 0 Å². The first-order valence-corrected chi connectivity index (χ1v) is 4.87. The molecule has 14 heavy (non-hydrogen) atoms. The predicted octanol–water partition coefficient (Wildman–Crippen LogP) is -7.77. The van der Waals surface area contributed by atoms with Crippen molar-refractivity contribution in [2.24, 2.45) is 0 Å². The maximum absolute atomic E-state index is 9.65. The van der Waals surface area contributed by atoms with Gasteiger partial charge in [0.25, 0.3) is 0 Å². The number of halogens is 1. The first-order chi connectivity index (χ1) is 5.10. The topological polar surface area (TPSA) is 136 Å². The molecule has 0 fully saturated rings. The van der Waals surface area contributed by atoms with Gasteiger partial charge < -0.3 is 9.11 Å². The Hall–Kier alpha value is 1.99. The van der Waals surface area contributed by atoms with E-state index in [1.165, 1.54) is 0 Å². The monoisotopic (exact) mass is 287 g/mol. The molecule has 0 saturated heterocycles. The Labute approximate surface area is 129 Å². The minimum Gasteiger partial charge on any atom is -0.724 e. The Morgan fingerprint density at radius 1 is 0.929 bits per heavy atom. The van der Waals surface area contributed by atoms with Gasteiger partial charge in [-0.15, -0.1) is 8.57 Å². The van der Waals surface area contributed by atoms with Gasteiger partial charge in [-0.25, -0.2) is 16.8 Å². The first-order valence-electron chi connectivity index (χ1n) is 1.87. The summed E-state index contributed by atoms with van der Waals surface area (Å²) < 4.78 is 63.0. The van der Waals surface area contributed by atoms with Crippen LogP contribution in [-0.4, -0.2) is 30.7 Å². The van der Waals surface area contributed by atoms with Crippen LogP contribution in [0.1, 0.15) is 0 Å². The third-order valence-electron chi connectivity index (χ3n) is 0.300. The fourth-order valence-corrected chi connectivity index (χ4v) is 0.956. The number of hydrogen-bond donors (Lipinski definition) is 0. The molecular formula is ClNNa2O8S2. The van der Waals surface area contributed by atoms with Crippen LogP contribution in [0.3, 0.4) is 0 Å². The van der Waals surface area contributed by atoms with Gasteiger partial charge in [-0.1, -0.05) is 0 Å². The van der Waals surface area contributed by atoms with Crippen molar-refractivity contribution >= 4 is 32.6 Å². The molecule has 0 radical (unpaired) electrons. The van der Waals surface area contributed by atoms with Gasteiger partial charge in [0.2, 0.25) is 20.8 Å². The van der Waals surface area contributed by atoms with Crippen LogP contribution in [0, 0.1) is 0 Å². The predicted molar refractivity (Wildman–Crippen MR) is 29.3 cm³/mol. The van der Waals surface area contributed by atoms with Gasteiger partial charge in [0.15, 0.2) is 0 Å². The minimum atomic E-state index is -5.28. The molecule has 0 aromatic rings. The quantitative estimate of drug-likeness (QED) is 0.162.